The van der Waals surface area contributed by atoms with E-state index in [2.05, 4.69) is 4.74 Å². The number of esters is 1. The van der Waals surface area contributed by atoms with Gasteiger partial charge in [-0.25, -0.2) is 4.79 Å². The van der Waals surface area contributed by atoms with Crippen LogP contribution >= 0.6 is 0 Å². The molecule has 0 aliphatic carbocycles. The van der Waals surface area contributed by atoms with E-state index in [0.29, 0.717) is 6.54 Å². The van der Waals surface area contributed by atoms with Crippen molar-refractivity contribution in [3.8, 4) is 17.2 Å². The Morgan fingerprint density at radius 2 is 1.78 bits per heavy atom. The van der Waals surface area contributed by atoms with Gasteiger partial charge >= 0.3 is 17.7 Å². The molecule has 0 aromatic heterocycles. The molecule has 1 fully saturated rings. The van der Waals surface area contributed by atoms with Gasteiger partial charge in [-0.15, -0.1) is 0 Å². The Bertz CT molecular complexity index is 673. The normalized spacial score (nSPS) is 22.6. The third-order valence-corrected chi connectivity index (χ3v) is 4.94. The van der Waals surface area contributed by atoms with Crippen LogP contribution in [0.4, 0.5) is 13.2 Å². The molecule has 1 unspecified atom stereocenters. The van der Waals surface area contributed by atoms with Crippen LogP contribution < -0.4 is 19.7 Å². The minimum Gasteiger partial charge on any atom is -0.502 e. The van der Waals surface area contributed by atoms with Gasteiger partial charge in [0.25, 0.3) is 0 Å². The molecular formula is C17H25F3N2O5+2. The number of piperazine rings is 1. The van der Waals surface area contributed by atoms with Crippen molar-refractivity contribution < 1.29 is 47.5 Å². The van der Waals surface area contributed by atoms with Crippen molar-refractivity contribution in [2.45, 2.75) is 24.7 Å². The van der Waals surface area contributed by atoms with E-state index in [0.717, 1.165) is 19.2 Å². The van der Waals surface area contributed by atoms with Gasteiger partial charge in [0.1, 0.15) is 25.7 Å². The minimum atomic E-state index is -4.96. The number of carbonyl (C=O) groups excluding carboxylic acids is 1. The summed E-state index contributed by atoms with van der Waals surface area (Å²) in [5, 5.41) is 12.0. The number of phenolic OH excluding ortho intramolecular Hbond substituents is 1. The fraction of sp³-hybridized carbons (Fsp3) is 0.588. The van der Waals surface area contributed by atoms with Crippen molar-refractivity contribution in [3.05, 3.63) is 17.7 Å². The van der Waals surface area contributed by atoms with Crippen molar-refractivity contribution in [2.75, 3.05) is 41.0 Å². The highest BCUT2D eigenvalue weighted by molar-refractivity contribution is 5.83. The van der Waals surface area contributed by atoms with Crippen LogP contribution in [0.1, 0.15) is 12.5 Å². The van der Waals surface area contributed by atoms with Crippen LogP contribution in [0.25, 0.3) is 0 Å². The van der Waals surface area contributed by atoms with Crippen molar-refractivity contribution in [2.24, 2.45) is 0 Å². The number of quaternary nitrogens is 2. The number of phenols is 1. The lowest BCUT2D eigenvalue weighted by Gasteiger charge is -2.41. The Morgan fingerprint density at radius 3 is 2.19 bits per heavy atom. The van der Waals surface area contributed by atoms with Gasteiger partial charge in [-0.05, 0) is 19.1 Å². The zero-order chi connectivity index (χ0) is 20.4. The van der Waals surface area contributed by atoms with Gasteiger partial charge in [0, 0.05) is 5.56 Å². The fourth-order valence-corrected chi connectivity index (χ4v) is 3.67. The molecular weight excluding hydrogens is 369 g/mol. The van der Waals surface area contributed by atoms with Gasteiger partial charge in [-0.2, -0.15) is 13.2 Å². The molecule has 2 rings (SSSR count). The smallest absolute Gasteiger partial charge is 0.460 e. The zero-order valence-corrected chi connectivity index (χ0v) is 15.6. The summed E-state index contributed by atoms with van der Waals surface area (Å²) < 4.78 is 58.1. The van der Waals surface area contributed by atoms with Crippen LogP contribution in [0.3, 0.4) is 0 Å². The van der Waals surface area contributed by atoms with E-state index < -0.39 is 29.0 Å². The number of nitrogens with two attached hydrogens (primary N) is 1. The lowest BCUT2D eigenvalue weighted by Crippen LogP contribution is -3.28. The van der Waals surface area contributed by atoms with E-state index in [1.807, 2.05) is 5.32 Å². The van der Waals surface area contributed by atoms with Gasteiger partial charge in [-0.1, -0.05) is 0 Å². The first-order valence-corrected chi connectivity index (χ1v) is 8.42. The Hall–Kier alpha value is -2.20. The largest absolute Gasteiger partial charge is 0.502 e. The average Bonchev–Trinajstić information content (AvgIpc) is 2.61. The molecule has 1 aromatic carbocycles. The molecule has 1 aliphatic rings. The second-order valence-corrected chi connectivity index (χ2v) is 6.53. The summed E-state index contributed by atoms with van der Waals surface area (Å²) in [4.78, 5) is 12.7. The van der Waals surface area contributed by atoms with E-state index in [-0.39, 0.29) is 35.5 Å². The number of hydrogen-bond donors (Lipinski definition) is 3. The first-order chi connectivity index (χ1) is 12.6. The quantitative estimate of drug-likeness (QED) is 0.569. The number of benzene rings is 1. The summed E-state index contributed by atoms with van der Waals surface area (Å²) in [6.45, 7) is 2.43. The summed E-state index contributed by atoms with van der Waals surface area (Å²) in [6.07, 6.45) is -4.96. The van der Waals surface area contributed by atoms with Gasteiger partial charge in [0.05, 0.1) is 21.3 Å². The topological polar surface area (TPSA) is 86.0 Å². The van der Waals surface area contributed by atoms with Crippen LogP contribution in [0, 0.1) is 0 Å². The van der Waals surface area contributed by atoms with E-state index >= 15 is 0 Å². The predicted molar refractivity (Wildman–Crippen MR) is 87.9 cm³/mol. The lowest BCUT2D eigenvalue weighted by molar-refractivity contribution is -1.01. The summed E-state index contributed by atoms with van der Waals surface area (Å²) >= 11 is 0. The van der Waals surface area contributed by atoms with Gasteiger partial charge in [0.15, 0.2) is 11.5 Å². The SMILES string of the molecule is COC(=O)[C@](c1cc(OC)c(O)c(OC)c1)([NH+]1CC[NH2+][C@H](C)C1)C(F)(F)F. The molecule has 4 N–H and O–H groups in total. The Balaban J connectivity index is 2.81. The summed E-state index contributed by atoms with van der Waals surface area (Å²) in [6, 6.07) is 1.91. The summed E-state index contributed by atoms with van der Waals surface area (Å²) in [5.74, 6) is -2.32. The third-order valence-electron chi connectivity index (χ3n) is 4.94. The van der Waals surface area contributed by atoms with Crippen LogP contribution in [0.5, 0.6) is 17.2 Å². The molecule has 1 aliphatic heterocycles. The number of carbonyl (C=O) groups is 1. The monoisotopic (exact) mass is 394 g/mol. The molecule has 1 aromatic rings. The molecule has 27 heavy (non-hydrogen) atoms. The molecule has 1 heterocycles. The maximum atomic E-state index is 14.5. The number of rotatable bonds is 5. The first kappa shape index (κ1) is 21.1. The van der Waals surface area contributed by atoms with Crippen LogP contribution in [0.2, 0.25) is 0 Å². The molecule has 152 valence electrons. The molecule has 10 heteroatoms. The fourth-order valence-electron chi connectivity index (χ4n) is 3.67. The van der Waals surface area contributed by atoms with Gasteiger partial charge < -0.3 is 24.6 Å². The second kappa shape index (κ2) is 7.81. The van der Waals surface area contributed by atoms with Gasteiger partial charge in [0.2, 0.25) is 5.75 Å². The predicted octanol–water partition coefficient (Wildman–Crippen LogP) is -0.810. The van der Waals surface area contributed by atoms with Crippen molar-refractivity contribution >= 4 is 5.97 Å². The van der Waals surface area contributed by atoms with Crippen molar-refractivity contribution in [3.63, 3.8) is 0 Å². The molecule has 1 saturated heterocycles. The number of nitrogens with one attached hydrogen (secondary N) is 1. The first-order valence-electron chi connectivity index (χ1n) is 8.42. The molecule has 0 amide bonds. The Kier molecular flexibility index (Phi) is 6.10. The van der Waals surface area contributed by atoms with Gasteiger partial charge in [-0.3, -0.25) is 4.90 Å². The number of methoxy groups -OCH3 is 3. The third kappa shape index (κ3) is 3.51. The van der Waals surface area contributed by atoms with E-state index in [1.54, 1.807) is 6.92 Å². The number of halogens is 3. The standard InChI is InChI=1S/C17H23F3N2O5/c1-10-9-22(6-5-21-10)16(15(24)27-4,17(18,19)20)11-7-12(25-2)14(23)13(8-11)26-3/h7-8,10,21,23H,5-6,9H2,1-4H3/p+2/t10-,16+/m1/s1. The van der Waals surface area contributed by atoms with Crippen LogP contribution in [-0.4, -0.2) is 64.3 Å². The summed E-state index contributed by atoms with van der Waals surface area (Å²) in [7, 11) is 3.34. The lowest BCUT2D eigenvalue weighted by atomic mass is 9.85. The highest BCUT2D eigenvalue weighted by atomic mass is 19.4. The molecule has 7 nitrogen and oxygen atoms in total. The van der Waals surface area contributed by atoms with E-state index in [9.17, 15) is 23.1 Å². The summed E-state index contributed by atoms with van der Waals surface area (Å²) in [5.41, 5.74) is -3.38. The number of alkyl halides is 3. The van der Waals surface area contributed by atoms with Crippen molar-refractivity contribution in [1.82, 2.24) is 0 Å². The minimum absolute atomic E-state index is 0.0200. The van der Waals surface area contributed by atoms with E-state index in [1.165, 1.54) is 14.2 Å². The number of hydrogen-bond acceptors (Lipinski definition) is 5. The maximum Gasteiger partial charge on any atom is 0.460 e. The number of aromatic hydroxyl groups is 1. The highest BCUT2D eigenvalue weighted by Crippen LogP contribution is 2.44. The van der Waals surface area contributed by atoms with Crippen LogP contribution in [-0.2, 0) is 15.1 Å². The van der Waals surface area contributed by atoms with Crippen LogP contribution in [0.15, 0.2) is 12.1 Å². The molecule has 0 spiro atoms. The van der Waals surface area contributed by atoms with Crippen molar-refractivity contribution in [1.29, 1.82) is 0 Å². The highest BCUT2D eigenvalue weighted by Gasteiger charge is 2.71. The second-order valence-electron chi connectivity index (χ2n) is 6.53. The Labute approximate surface area is 155 Å². The molecule has 0 bridgehead atoms. The average molecular weight is 394 g/mol. The Morgan fingerprint density at radius 1 is 1.22 bits per heavy atom. The maximum absolute atomic E-state index is 14.5. The molecule has 0 radical (unpaired) electrons. The zero-order valence-electron chi connectivity index (χ0n) is 15.6. The molecule has 3 atom stereocenters. The number of ether oxygens (including phenoxy) is 3. The molecule has 0 saturated carbocycles. The van der Waals surface area contributed by atoms with E-state index in [4.69, 9.17) is 9.47 Å².